The molecule has 2 N–H and O–H groups in total. The van der Waals surface area contributed by atoms with Crippen molar-refractivity contribution in [1.82, 2.24) is 15.1 Å². The van der Waals surface area contributed by atoms with Gasteiger partial charge in [0.15, 0.2) is 0 Å². The number of carbonyl (C=O) groups is 1. The number of anilines is 2. The lowest BCUT2D eigenvalue weighted by Gasteiger charge is -2.27. The van der Waals surface area contributed by atoms with Gasteiger partial charge in [-0.2, -0.15) is 5.10 Å². The minimum absolute atomic E-state index is 0.0254. The molecular formula is C20H25N5O. The standard InChI is InChI=1S/C20H25N5O/c1-14-6-8-17(24-10-2-3-11-24)15(13-14)20(26)25-12-4-5-18(25)16-7-9-19(21)23-22-16/h6-9,13,18H,2-5,10-12H2,1H3,(H2,21,23). The number of rotatable bonds is 3. The first-order valence-electron chi connectivity index (χ1n) is 9.39. The molecule has 2 aliphatic rings. The number of benzene rings is 1. The second-order valence-electron chi connectivity index (χ2n) is 7.25. The molecule has 2 saturated heterocycles. The third-order valence-electron chi connectivity index (χ3n) is 5.39. The summed E-state index contributed by atoms with van der Waals surface area (Å²) < 4.78 is 0. The molecular weight excluding hydrogens is 326 g/mol. The van der Waals surface area contributed by atoms with Gasteiger partial charge in [-0.15, -0.1) is 5.10 Å². The summed E-state index contributed by atoms with van der Waals surface area (Å²) in [4.78, 5) is 17.7. The van der Waals surface area contributed by atoms with Gasteiger partial charge in [0, 0.05) is 25.3 Å². The Morgan fingerprint density at radius 2 is 1.88 bits per heavy atom. The fourth-order valence-corrected chi connectivity index (χ4v) is 4.06. The summed E-state index contributed by atoms with van der Waals surface area (Å²) in [5.41, 5.74) is 9.46. The molecule has 4 rings (SSSR count). The normalized spacial score (nSPS) is 20.0. The molecule has 2 aromatic rings. The van der Waals surface area contributed by atoms with E-state index in [1.807, 2.05) is 24.0 Å². The number of nitrogens with two attached hydrogens (primary N) is 1. The molecule has 0 spiro atoms. The number of aryl methyl sites for hydroxylation is 1. The molecule has 1 aromatic carbocycles. The van der Waals surface area contributed by atoms with E-state index in [9.17, 15) is 4.79 Å². The fraction of sp³-hybridized carbons (Fsp3) is 0.450. The Morgan fingerprint density at radius 1 is 1.08 bits per heavy atom. The summed E-state index contributed by atoms with van der Waals surface area (Å²) in [6.45, 7) is 4.84. The van der Waals surface area contributed by atoms with Gasteiger partial charge in [0.1, 0.15) is 5.82 Å². The van der Waals surface area contributed by atoms with Gasteiger partial charge in [0.25, 0.3) is 5.91 Å². The third kappa shape index (κ3) is 3.11. The zero-order valence-electron chi connectivity index (χ0n) is 15.2. The van der Waals surface area contributed by atoms with Crippen molar-refractivity contribution in [3.8, 4) is 0 Å². The topological polar surface area (TPSA) is 75.4 Å². The Kier molecular flexibility index (Phi) is 4.49. The van der Waals surface area contributed by atoms with E-state index in [0.717, 1.165) is 55.0 Å². The van der Waals surface area contributed by atoms with Crippen molar-refractivity contribution in [3.05, 3.63) is 47.2 Å². The molecule has 6 nitrogen and oxygen atoms in total. The molecule has 1 atom stereocenters. The third-order valence-corrected chi connectivity index (χ3v) is 5.39. The van der Waals surface area contributed by atoms with E-state index >= 15 is 0 Å². The van der Waals surface area contributed by atoms with Crippen molar-refractivity contribution in [3.63, 3.8) is 0 Å². The SMILES string of the molecule is Cc1ccc(N2CCCC2)c(C(=O)N2CCCC2c2ccc(N)nn2)c1. The zero-order valence-corrected chi connectivity index (χ0v) is 15.2. The van der Waals surface area contributed by atoms with Crippen molar-refractivity contribution in [2.24, 2.45) is 0 Å². The molecule has 0 saturated carbocycles. The molecule has 2 fully saturated rings. The molecule has 1 amide bonds. The zero-order chi connectivity index (χ0) is 18.1. The van der Waals surface area contributed by atoms with Crippen LogP contribution in [-0.4, -0.2) is 40.6 Å². The number of hydrogen-bond donors (Lipinski definition) is 1. The number of nitrogens with zero attached hydrogens (tertiary/aromatic N) is 4. The van der Waals surface area contributed by atoms with Gasteiger partial charge in [0.05, 0.1) is 17.3 Å². The lowest BCUT2D eigenvalue weighted by atomic mass is 10.1. The predicted molar refractivity (Wildman–Crippen MR) is 102 cm³/mol. The van der Waals surface area contributed by atoms with Crippen LogP contribution in [-0.2, 0) is 0 Å². The minimum Gasteiger partial charge on any atom is -0.382 e. The van der Waals surface area contributed by atoms with Crippen molar-refractivity contribution in [1.29, 1.82) is 0 Å². The van der Waals surface area contributed by atoms with E-state index < -0.39 is 0 Å². The van der Waals surface area contributed by atoms with Gasteiger partial charge < -0.3 is 15.5 Å². The Bertz CT molecular complexity index is 798. The first-order chi connectivity index (χ1) is 12.6. The quantitative estimate of drug-likeness (QED) is 0.920. The van der Waals surface area contributed by atoms with E-state index in [2.05, 4.69) is 27.2 Å². The highest BCUT2D eigenvalue weighted by atomic mass is 16.2. The number of hydrogen-bond acceptors (Lipinski definition) is 5. The maximum Gasteiger partial charge on any atom is 0.256 e. The van der Waals surface area contributed by atoms with Crippen LogP contribution in [0, 0.1) is 6.92 Å². The van der Waals surface area contributed by atoms with E-state index in [1.165, 1.54) is 12.8 Å². The number of amides is 1. The average Bonchev–Trinajstić information content (AvgIpc) is 3.33. The maximum atomic E-state index is 13.5. The second-order valence-corrected chi connectivity index (χ2v) is 7.25. The summed E-state index contributed by atoms with van der Waals surface area (Å²) in [5, 5.41) is 8.19. The molecule has 0 bridgehead atoms. The van der Waals surface area contributed by atoms with Crippen LogP contribution >= 0.6 is 0 Å². The van der Waals surface area contributed by atoms with Gasteiger partial charge in [-0.25, -0.2) is 0 Å². The number of nitrogen functional groups attached to an aromatic ring is 1. The van der Waals surface area contributed by atoms with Crippen LogP contribution in [0.3, 0.4) is 0 Å². The number of aromatic nitrogens is 2. The van der Waals surface area contributed by atoms with Crippen LogP contribution in [0.25, 0.3) is 0 Å². The van der Waals surface area contributed by atoms with Crippen LogP contribution in [0.4, 0.5) is 11.5 Å². The Balaban J connectivity index is 1.66. The monoisotopic (exact) mass is 351 g/mol. The molecule has 26 heavy (non-hydrogen) atoms. The smallest absolute Gasteiger partial charge is 0.256 e. The van der Waals surface area contributed by atoms with Crippen LogP contribution in [0.5, 0.6) is 0 Å². The Morgan fingerprint density at radius 3 is 2.62 bits per heavy atom. The summed E-state index contributed by atoms with van der Waals surface area (Å²) in [7, 11) is 0. The maximum absolute atomic E-state index is 13.5. The number of carbonyl (C=O) groups excluding carboxylic acids is 1. The van der Waals surface area contributed by atoms with E-state index in [-0.39, 0.29) is 11.9 Å². The second kappa shape index (κ2) is 6.94. The molecule has 0 radical (unpaired) electrons. The van der Waals surface area contributed by atoms with Crippen molar-refractivity contribution in [2.75, 3.05) is 30.3 Å². The number of likely N-dealkylation sites (tertiary alicyclic amines) is 1. The van der Waals surface area contributed by atoms with E-state index in [4.69, 9.17) is 5.73 Å². The highest BCUT2D eigenvalue weighted by Crippen LogP contribution is 2.34. The summed E-state index contributed by atoms with van der Waals surface area (Å²) in [6, 6.07) is 9.84. The van der Waals surface area contributed by atoms with E-state index in [1.54, 1.807) is 6.07 Å². The first-order valence-corrected chi connectivity index (χ1v) is 9.39. The molecule has 1 unspecified atom stereocenters. The molecule has 6 heteroatoms. The van der Waals surface area contributed by atoms with Crippen LogP contribution in [0.15, 0.2) is 30.3 Å². The van der Waals surface area contributed by atoms with Crippen molar-refractivity contribution >= 4 is 17.4 Å². The fourth-order valence-electron chi connectivity index (χ4n) is 4.06. The lowest BCUT2D eigenvalue weighted by Crippen LogP contribution is -2.33. The van der Waals surface area contributed by atoms with Crippen LogP contribution < -0.4 is 10.6 Å². The lowest BCUT2D eigenvalue weighted by molar-refractivity contribution is 0.0733. The molecule has 136 valence electrons. The minimum atomic E-state index is -0.0254. The van der Waals surface area contributed by atoms with Crippen LogP contribution in [0.2, 0.25) is 0 Å². The van der Waals surface area contributed by atoms with Gasteiger partial charge in [0.2, 0.25) is 0 Å². The van der Waals surface area contributed by atoms with Gasteiger partial charge in [-0.1, -0.05) is 11.6 Å². The summed E-state index contributed by atoms with van der Waals surface area (Å²) in [5.74, 6) is 0.497. The molecule has 0 aliphatic carbocycles. The molecule has 1 aromatic heterocycles. The predicted octanol–water partition coefficient (Wildman–Crippen LogP) is 2.94. The molecule has 3 heterocycles. The van der Waals surface area contributed by atoms with Crippen molar-refractivity contribution in [2.45, 2.75) is 38.6 Å². The average molecular weight is 351 g/mol. The summed E-state index contributed by atoms with van der Waals surface area (Å²) >= 11 is 0. The Labute approximate surface area is 154 Å². The molecule has 2 aliphatic heterocycles. The summed E-state index contributed by atoms with van der Waals surface area (Å²) in [6.07, 6.45) is 4.27. The Hall–Kier alpha value is -2.63. The highest BCUT2D eigenvalue weighted by molar-refractivity contribution is 6.00. The van der Waals surface area contributed by atoms with Crippen molar-refractivity contribution < 1.29 is 4.79 Å². The first kappa shape index (κ1) is 16.8. The van der Waals surface area contributed by atoms with Crippen LogP contribution in [0.1, 0.15) is 53.3 Å². The van der Waals surface area contributed by atoms with E-state index in [0.29, 0.717) is 5.82 Å². The van der Waals surface area contributed by atoms with Gasteiger partial charge in [-0.05, 0) is 56.9 Å². The van der Waals surface area contributed by atoms with Gasteiger partial charge >= 0.3 is 0 Å². The van der Waals surface area contributed by atoms with Gasteiger partial charge in [-0.3, -0.25) is 4.79 Å². The highest BCUT2D eigenvalue weighted by Gasteiger charge is 2.33. The largest absolute Gasteiger partial charge is 0.382 e.